The molecule has 0 spiro atoms. The third-order valence-electron chi connectivity index (χ3n) is 3.58. The van der Waals surface area contributed by atoms with Crippen LogP contribution in [0.1, 0.15) is 32.8 Å². The summed E-state index contributed by atoms with van der Waals surface area (Å²) in [6.45, 7) is 4.57. The zero-order valence-electron chi connectivity index (χ0n) is 14.8. The molecule has 148 valence electrons. The average Bonchev–Trinajstić information content (AvgIpc) is 2.83. The maximum atomic E-state index is 13.2. The lowest BCUT2D eigenvalue weighted by molar-refractivity contribution is -0.123. The van der Waals surface area contributed by atoms with E-state index in [1.807, 2.05) is 0 Å². The zero-order valence-corrected chi connectivity index (χ0v) is 16.4. The largest absolute Gasteiger partial charge is 0.351 e. The Hall–Kier alpha value is -1.29. The van der Waals surface area contributed by atoms with Gasteiger partial charge in [0.1, 0.15) is 0 Å². The third-order valence-corrected chi connectivity index (χ3v) is 5.44. The number of hydrogen-bond donors (Lipinski definition) is 3. The van der Waals surface area contributed by atoms with Gasteiger partial charge < -0.3 is 5.32 Å². The fourth-order valence-electron chi connectivity index (χ4n) is 2.58. The minimum absolute atomic E-state index is 0. The van der Waals surface area contributed by atoms with Crippen LogP contribution < -0.4 is 15.4 Å². The minimum Gasteiger partial charge on any atom is -0.351 e. The first-order valence-corrected chi connectivity index (χ1v) is 9.39. The number of amides is 1. The molecule has 1 unspecified atom stereocenters. The normalized spacial score (nSPS) is 19.7. The van der Waals surface area contributed by atoms with E-state index in [1.165, 1.54) is 6.07 Å². The molecule has 1 aliphatic heterocycles. The lowest BCUT2D eigenvalue weighted by atomic mass is 10.1. The predicted octanol–water partition coefficient (Wildman–Crippen LogP) is 1.80. The van der Waals surface area contributed by atoms with Crippen molar-refractivity contribution in [1.82, 2.24) is 15.4 Å². The average molecular weight is 412 g/mol. The Morgan fingerprint density at radius 3 is 2.46 bits per heavy atom. The number of hydrogen-bond acceptors (Lipinski definition) is 4. The summed E-state index contributed by atoms with van der Waals surface area (Å²) in [5, 5.41) is 4.99. The van der Waals surface area contributed by atoms with Gasteiger partial charge in [0.2, 0.25) is 15.9 Å². The van der Waals surface area contributed by atoms with Crippen LogP contribution in [-0.2, 0) is 21.4 Å². The van der Waals surface area contributed by atoms with E-state index in [1.54, 1.807) is 39.0 Å². The molecule has 1 aromatic carbocycles. The summed E-state index contributed by atoms with van der Waals surface area (Å²) >= 11 is 0. The molecule has 1 heterocycles. The third kappa shape index (κ3) is 6.15. The SMILES string of the molecule is CC(C)(C)NS(=O)(=O)c1ccccc1CNC(=O)C1CC(F)(F)CN1.Cl. The van der Waals surface area contributed by atoms with Gasteiger partial charge in [-0.05, 0) is 32.4 Å². The maximum absolute atomic E-state index is 13.2. The molecule has 3 N–H and O–H groups in total. The number of halogens is 3. The fraction of sp³-hybridized carbons (Fsp3) is 0.562. The van der Waals surface area contributed by atoms with E-state index in [0.29, 0.717) is 5.56 Å². The van der Waals surface area contributed by atoms with Crippen LogP contribution in [0.3, 0.4) is 0 Å². The van der Waals surface area contributed by atoms with Gasteiger partial charge in [-0.2, -0.15) is 0 Å². The van der Waals surface area contributed by atoms with Crippen LogP contribution in [0.2, 0.25) is 0 Å². The van der Waals surface area contributed by atoms with Crippen molar-refractivity contribution in [3.63, 3.8) is 0 Å². The zero-order chi connectivity index (χ0) is 18.9. The monoisotopic (exact) mass is 411 g/mol. The highest BCUT2D eigenvalue weighted by Crippen LogP contribution is 2.25. The number of sulfonamides is 1. The van der Waals surface area contributed by atoms with Crippen molar-refractivity contribution >= 4 is 28.3 Å². The minimum atomic E-state index is -3.77. The summed E-state index contributed by atoms with van der Waals surface area (Å²) in [6.07, 6.45) is -0.565. The van der Waals surface area contributed by atoms with Gasteiger partial charge in [-0.25, -0.2) is 21.9 Å². The van der Waals surface area contributed by atoms with Crippen LogP contribution >= 0.6 is 12.4 Å². The van der Waals surface area contributed by atoms with Gasteiger partial charge in [-0.15, -0.1) is 12.4 Å². The molecular formula is C16H24ClF2N3O3S. The van der Waals surface area contributed by atoms with Crippen LogP contribution in [0.15, 0.2) is 29.2 Å². The Labute approximate surface area is 158 Å². The first-order valence-electron chi connectivity index (χ1n) is 7.90. The maximum Gasteiger partial charge on any atom is 0.262 e. The molecule has 10 heteroatoms. The van der Waals surface area contributed by atoms with Gasteiger partial charge >= 0.3 is 0 Å². The molecule has 0 aromatic heterocycles. The van der Waals surface area contributed by atoms with Gasteiger partial charge in [-0.1, -0.05) is 18.2 Å². The van der Waals surface area contributed by atoms with Crippen LogP contribution in [0, 0.1) is 0 Å². The Morgan fingerprint density at radius 2 is 1.92 bits per heavy atom. The summed E-state index contributed by atoms with van der Waals surface area (Å²) < 4.78 is 53.9. The molecular weight excluding hydrogens is 388 g/mol. The van der Waals surface area contributed by atoms with Gasteiger partial charge in [-0.3, -0.25) is 10.1 Å². The second-order valence-corrected chi connectivity index (χ2v) is 8.83. The second kappa shape index (κ2) is 8.16. The van der Waals surface area contributed by atoms with Crippen LogP contribution in [0.4, 0.5) is 8.78 Å². The molecule has 1 aliphatic rings. The Morgan fingerprint density at radius 1 is 1.31 bits per heavy atom. The van der Waals surface area contributed by atoms with E-state index < -0.39 is 46.4 Å². The van der Waals surface area contributed by atoms with E-state index in [-0.39, 0.29) is 23.8 Å². The number of alkyl halides is 2. The van der Waals surface area contributed by atoms with Gasteiger partial charge in [0, 0.05) is 18.5 Å². The molecule has 2 rings (SSSR count). The van der Waals surface area contributed by atoms with Crippen molar-refractivity contribution in [2.24, 2.45) is 0 Å². The van der Waals surface area contributed by atoms with Crippen molar-refractivity contribution < 1.29 is 22.0 Å². The molecule has 1 amide bonds. The molecule has 6 nitrogen and oxygen atoms in total. The standard InChI is InChI=1S/C16H23F2N3O3S.ClH/c1-15(2,3)21-25(23,24)13-7-5-4-6-11(13)9-19-14(22)12-8-16(17,18)10-20-12;/h4-7,12,20-21H,8-10H2,1-3H3,(H,19,22);1H. The van der Waals surface area contributed by atoms with Gasteiger partial charge in [0.25, 0.3) is 5.92 Å². The molecule has 1 fully saturated rings. The lowest BCUT2D eigenvalue weighted by Crippen LogP contribution is -2.42. The lowest BCUT2D eigenvalue weighted by Gasteiger charge is -2.21. The molecule has 1 saturated heterocycles. The van der Waals surface area contributed by atoms with Crippen molar-refractivity contribution in [2.45, 2.75) is 56.1 Å². The first-order chi connectivity index (χ1) is 11.4. The summed E-state index contributed by atoms with van der Waals surface area (Å²) in [7, 11) is -3.77. The van der Waals surface area contributed by atoms with Crippen LogP contribution in [0.5, 0.6) is 0 Å². The van der Waals surface area contributed by atoms with Crippen molar-refractivity contribution in [3.8, 4) is 0 Å². The number of carbonyl (C=O) groups is 1. The van der Waals surface area contributed by atoms with Crippen molar-refractivity contribution in [1.29, 1.82) is 0 Å². The highest BCUT2D eigenvalue weighted by Gasteiger charge is 2.42. The van der Waals surface area contributed by atoms with Gasteiger partial charge in [0.05, 0.1) is 17.5 Å². The van der Waals surface area contributed by atoms with E-state index in [9.17, 15) is 22.0 Å². The highest BCUT2D eigenvalue weighted by molar-refractivity contribution is 7.89. The summed E-state index contributed by atoms with van der Waals surface area (Å²) in [6, 6.07) is 5.28. The fourth-order valence-corrected chi connectivity index (χ4v) is 4.24. The number of benzene rings is 1. The van der Waals surface area contributed by atoms with E-state index in [0.717, 1.165) is 0 Å². The molecule has 1 atom stereocenters. The molecule has 0 saturated carbocycles. The number of rotatable bonds is 5. The molecule has 0 bridgehead atoms. The van der Waals surface area contributed by atoms with Gasteiger partial charge in [0.15, 0.2) is 0 Å². The smallest absolute Gasteiger partial charge is 0.262 e. The Bertz CT molecular complexity index is 751. The Balaban J connectivity index is 0.00000338. The first kappa shape index (κ1) is 22.8. The van der Waals surface area contributed by atoms with Crippen LogP contribution in [-0.4, -0.2) is 38.4 Å². The quantitative estimate of drug-likeness (QED) is 0.689. The molecule has 1 aromatic rings. The second-order valence-electron chi connectivity index (χ2n) is 7.17. The molecule has 0 radical (unpaired) electrons. The number of carbonyl (C=O) groups excluding carboxylic acids is 1. The van der Waals surface area contributed by atoms with Crippen molar-refractivity contribution in [3.05, 3.63) is 29.8 Å². The molecule has 0 aliphatic carbocycles. The van der Waals surface area contributed by atoms with E-state index in [4.69, 9.17) is 0 Å². The predicted molar refractivity (Wildman–Crippen MR) is 97.0 cm³/mol. The Kier molecular flexibility index (Phi) is 7.14. The summed E-state index contributed by atoms with van der Waals surface area (Å²) in [5.41, 5.74) is -0.272. The summed E-state index contributed by atoms with van der Waals surface area (Å²) in [5.74, 6) is -3.48. The van der Waals surface area contributed by atoms with Crippen molar-refractivity contribution in [2.75, 3.05) is 6.54 Å². The highest BCUT2D eigenvalue weighted by atomic mass is 35.5. The topological polar surface area (TPSA) is 87.3 Å². The van der Waals surface area contributed by atoms with Crippen LogP contribution in [0.25, 0.3) is 0 Å². The van der Waals surface area contributed by atoms with E-state index >= 15 is 0 Å². The number of nitrogens with one attached hydrogen (secondary N) is 3. The van der Waals surface area contributed by atoms with E-state index in [2.05, 4.69) is 15.4 Å². The summed E-state index contributed by atoms with van der Waals surface area (Å²) in [4.78, 5) is 12.1. The molecule has 26 heavy (non-hydrogen) atoms.